The van der Waals surface area contributed by atoms with Crippen LogP contribution in [0.15, 0.2) is 48.8 Å². The van der Waals surface area contributed by atoms with Crippen LogP contribution in [0.2, 0.25) is 0 Å². The predicted octanol–water partition coefficient (Wildman–Crippen LogP) is 3.95. The Morgan fingerprint density at radius 3 is 3.00 bits per heavy atom. The second kappa shape index (κ2) is 8.40. The van der Waals surface area contributed by atoms with E-state index < -0.39 is 0 Å². The first-order valence-electron chi connectivity index (χ1n) is 12.1. The lowest BCUT2D eigenvalue weighted by atomic mass is 9.92. The van der Waals surface area contributed by atoms with Crippen molar-refractivity contribution < 1.29 is 9.90 Å². The van der Waals surface area contributed by atoms with Crippen molar-refractivity contribution in [1.82, 2.24) is 24.0 Å². The van der Waals surface area contributed by atoms with Gasteiger partial charge < -0.3 is 19.1 Å². The Kier molecular flexibility index (Phi) is 5.21. The Labute approximate surface area is 198 Å². The van der Waals surface area contributed by atoms with Gasteiger partial charge in [-0.3, -0.25) is 9.78 Å². The van der Waals surface area contributed by atoms with Gasteiger partial charge in [-0.2, -0.15) is 0 Å². The molecule has 6 rings (SSSR count). The summed E-state index contributed by atoms with van der Waals surface area (Å²) < 4.78 is 4.35. The number of hydrogen-bond donors (Lipinski definition) is 1. The van der Waals surface area contributed by atoms with E-state index in [0.717, 1.165) is 41.5 Å². The van der Waals surface area contributed by atoms with Crippen LogP contribution in [0, 0.1) is 5.92 Å². The maximum Gasteiger partial charge on any atom is 0.224 e. The zero-order chi connectivity index (χ0) is 23.2. The van der Waals surface area contributed by atoms with Crippen LogP contribution >= 0.6 is 0 Å². The molecule has 1 amide bonds. The van der Waals surface area contributed by atoms with Gasteiger partial charge in [0, 0.05) is 55.8 Å². The third kappa shape index (κ3) is 3.42. The number of fused-ring (bicyclic) bond motifs is 4. The first kappa shape index (κ1) is 21.1. The standard InChI is InChI=1S/C27H29N5O2/c1-18-9-12-30(26(34)11-14-31-23-8-3-2-6-22(23)29-25(31)17-33)16-24(18)32-13-10-19-15-28-21-7-4-5-20(21)27(19)32/h2-6,8,10,13,15,18,24,33H,7,9,11-12,14,16-17H2,1H3/t18-,24+/m1/s1. The van der Waals surface area contributed by atoms with Crippen molar-refractivity contribution in [1.29, 1.82) is 0 Å². The van der Waals surface area contributed by atoms with Crippen molar-refractivity contribution in [3.8, 4) is 0 Å². The molecule has 7 nitrogen and oxygen atoms in total. The van der Waals surface area contributed by atoms with E-state index in [1.807, 2.05) is 39.9 Å². The van der Waals surface area contributed by atoms with Crippen molar-refractivity contribution >= 4 is 33.9 Å². The van der Waals surface area contributed by atoms with Gasteiger partial charge >= 0.3 is 0 Å². The number of nitrogens with zero attached hydrogens (tertiary/aromatic N) is 5. The van der Waals surface area contributed by atoms with Gasteiger partial charge in [-0.25, -0.2) is 4.98 Å². The Morgan fingerprint density at radius 2 is 2.12 bits per heavy atom. The lowest BCUT2D eigenvalue weighted by Gasteiger charge is -2.38. The van der Waals surface area contributed by atoms with Gasteiger partial charge in [0.15, 0.2) is 0 Å². The number of allylic oxidation sites excluding steroid dienone is 1. The van der Waals surface area contributed by atoms with E-state index in [-0.39, 0.29) is 18.6 Å². The lowest BCUT2D eigenvalue weighted by molar-refractivity contribution is -0.133. The quantitative estimate of drug-likeness (QED) is 0.494. The number of amides is 1. The second-order valence-electron chi connectivity index (χ2n) is 9.50. The van der Waals surface area contributed by atoms with E-state index in [0.29, 0.717) is 31.3 Å². The van der Waals surface area contributed by atoms with Gasteiger partial charge in [0.1, 0.15) is 12.4 Å². The van der Waals surface area contributed by atoms with Gasteiger partial charge in [-0.1, -0.05) is 31.2 Å². The minimum atomic E-state index is -0.138. The number of aliphatic hydroxyl groups excluding tert-OH is 1. The number of rotatable bonds is 5. The molecule has 1 aliphatic carbocycles. The molecule has 1 fully saturated rings. The number of likely N-dealkylation sites (tertiary alicyclic amines) is 1. The number of aryl methyl sites for hydroxylation is 1. The summed E-state index contributed by atoms with van der Waals surface area (Å²) in [5, 5.41) is 10.9. The average molecular weight is 456 g/mol. The number of para-hydroxylation sites is 2. The molecule has 2 atom stereocenters. The molecule has 34 heavy (non-hydrogen) atoms. The zero-order valence-electron chi connectivity index (χ0n) is 19.4. The molecule has 0 spiro atoms. The van der Waals surface area contributed by atoms with Crippen LogP contribution in [-0.2, 0) is 24.4 Å². The zero-order valence-corrected chi connectivity index (χ0v) is 19.4. The lowest BCUT2D eigenvalue weighted by Crippen LogP contribution is -2.44. The molecule has 2 aliphatic rings. The summed E-state index contributed by atoms with van der Waals surface area (Å²) in [6.45, 7) is 4.17. The number of imidazole rings is 1. The molecule has 4 heterocycles. The van der Waals surface area contributed by atoms with Crippen LogP contribution in [0.5, 0.6) is 0 Å². The molecule has 174 valence electrons. The van der Waals surface area contributed by atoms with Crippen LogP contribution < -0.4 is 0 Å². The fraction of sp³-hybridized carbons (Fsp3) is 0.370. The molecular weight excluding hydrogens is 426 g/mol. The van der Waals surface area contributed by atoms with E-state index in [2.05, 4.69) is 45.9 Å². The fourth-order valence-electron chi connectivity index (χ4n) is 5.62. The highest BCUT2D eigenvalue weighted by Crippen LogP contribution is 2.35. The molecule has 1 saturated heterocycles. The molecular formula is C27H29N5O2. The fourth-order valence-corrected chi connectivity index (χ4v) is 5.62. The topological polar surface area (TPSA) is 76.2 Å². The van der Waals surface area contributed by atoms with Gasteiger partial charge in [-0.15, -0.1) is 0 Å². The van der Waals surface area contributed by atoms with Crippen molar-refractivity contribution in [2.24, 2.45) is 5.92 Å². The van der Waals surface area contributed by atoms with Gasteiger partial charge in [-0.05, 0) is 30.5 Å². The molecule has 3 aromatic heterocycles. The minimum absolute atomic E-state index is 0.138. The summed E-state index contributed by atoms with van der Waals surface area (Å²) in [6.07, 6.45) is 10.8. The van der Waals surface area contributed by atoms with Crippen LogP contribution in [0.1, 0.15) is 42.9 Å². The van der Waals surface area contributed by atoms with Crippen LogP contribution in [0.25, 0.3) is 28.0 Å². The maximum absolute atomic E-state index is 13.3. The summed E-state index contributed by atoms with van der Waals surface area (Å²) in [6, 6.07) is 10.2. The molecule has 0 bridgehead atoms. The number of aliphatic hydroxyl groups is 1. The molecule has 1 aliphatic heterocycles. The third-order valence-electron chi connectivity index (χ3n) is 7.52. The van der Waals surface area contributed by atoms with Crippen LogP contribution in [0.4, 0.5) is 0 Å². The number of aromatic nitrogens is 4. The smallest absolute Gasteiger partial charge is 0.224 e. The average Bonchev–Trinajstić information content (AvgIpc) is 3.58. The summed E-state index contributed by atoms with van der Waals surface area (Å²) >= 11 is 0. The molecule has 0 radical (unpaired) electrons. The highest BCUT2D eigenvalue weighted by molar-refractivity contribution is 5.90. The van der Waals surface area contributed by atoms with Crippen molar-refractivity contribution in [2.75, 3.05) is 13.1 Å². The third-order valence-corrected chi connectivity index (χ3v) is 7.52. The normalized spacial score (nSPS) is 19.9. The van der Waals surface area contributed by atoms with Gasteiger partial charge in [0.2, 0.25) is 5.91 Å². The molecule has 4 aromatic rings. The predicted molar refractivity (Wildman–Crippen MR) is 132 cm³/mol. The Hall–Kier alpha value is -3.45. The number of hydrogen-bond acceptors (Lipinski definition) is 4. The maximum atomic E-state index is 13.3. The van der Waals surface area contributed by atoms with E-state index >= 15 is 0 Å². The Morgan fingerprint density at radius 1 is 1.24 bits per heavy atom. The number of pyridine rings is 1. The number of carbonyl (C=O) groups is 1. The van der Waals surface area contributed by atoms with E-state index in [9.17, 15) is 9.90 Å². The highest BCUT2D eigenvalue weighted by atomic mass is 16.3. The number of carbonyl (C=O) groups excluding carboxylic acids is 1. The summed E-state index contributed by atoms with van der Waals surface area (Å²) in [5.74, 6) is 1.24. The monoisotopic (exact) mass is 455 g/mol. The van der Waals surface area contributed by atoms with Crippen molar-refractivity contribution in [3.63, 3.8) is 0 Å². The molecule has 7 heteroatoms. The first-order valence-corrected chi connectivity index (χ1v) is 12.1. The molecule has 1 N–H and O–H groups in total. The number of piperidine rings is 1. The van der Waals surface area contributed by atoms with Gasteiger partial charge in [0.05, 0.1) is 28.3 Å². The highest BCUT2D eigenvalue weighted by Gasteiger charge is 2.31. The minimum Gasteiger partial charge on any atom is -0.388 e. The Balaban J connectivity index is 1.23. The van der Waals surface area contributed by atoms with Crippen molar-refractivity contribution in [3.05, 3.63) is 65.9 Å². The first-order chi connectivity index (χ1) is 16.6. The summed E-state index contributed by atoms with van der Waals surface area (Å²) in [7, 11) is 0. The largest absolute Gasteiger partial charge is 0.388 e. The van der Waals surface area contributed by atoms with E-state index in [1.54, 1.807) is 0 Å². The van der Waals surface area contributed by atoms with Gasteiger partial charge in [0.25, 0.3) is 0 Å². The number of benzene rings is 1. The summed E-state index contributed by atoms with van der Waals surface area (Å²) in [4.78, 5) is 24.5. The molecule has 0 unspecified atom stereocenters. The molecule has 1 aromatic carbocycles. The van der Waals surface area contributed by atoms with E-state index in [4.69, 9.17) is 0 Å². The molecule has 0 saturated carbocycles. The second-order valence-corrected chi connectivity index (χ2v) is 9.50. The van der Waals surface area contributed by atoms with E-state index in [1.165, 1.54) is 11.1 Å². The SMILES string of the molecule is C[C@@H]1CCN(C(=O)CCn2c(CO)nc3ccccc32)C[C@@H]1n1ccc2cnc3c(c21)C=CC3. The summed E-state index contributed by atoms with van der Waals surface area (Å²) in [5.41, 5.74) is 5.40. The van der Waals surface area contributed by atoms with Crippen LogP contribution in [-0.4, -0.2) is 48.1 Å². The Bertz CT molecular complexity index is 1420. The van der Waals surface area contributed by atoms with Crippen molar-refractivity contribution in [2.45, 2.75) is 45.4 Å². The van der Waals surface area contributed by atoms with Crippen LogP contribution in [0.3, 0.4) is 0 Å².